The van der Waals surface area contributed by atoms with Crippen molar-refractivity contribution in [2.75, 3.05) is 5.32 Å². The minimum atomic E-state index is -3.78. The molecule has 1 atom stereocenters. The van der Waals surface area contributed by atoms with Crippen LogP contribution in [0, 0.1) is 0 Å². The fourth-order valence-corrected chi connectivity index (χ4v) is 3.93. The molecule has 0 saturated heterocycles. The van der Waals surface area contributed by atoms with Gasteiger partial charge in [-0.25, -0.2) is 17.9 Å². The molecule has 2 aromatic rings. The van der Waals surface area contributed by atoms with Gasteiger partial charge in [0.05, 0.1) is 10.5 Å². The van der Waals surface area contributed by atoms with Crippen molar-refractivity contribution in [1.29, 1.82) is 0 Å². The van der Waals surface area contributed by atoms with Gasteiger partial charge in [0, 0.05) is 16.2 Å². The lowest BCUT2D eigenvalue weighted by Crippen LogP contribution is -2.31. The van der Waals surface area contributed by atoms with Crippen LogP contribution in [0.1, 0.15) is 31.1 Å². The number of anilines is 1. The molecule has 0 radical (unpaired) electrons. The van der Waals surface area contributed by atoms with Crippen molar-refractivity contribution >= 4 is 43.5 Å². The molecule has 2 aromatic carbocycles. The summed E-state index contributed by atoms with van der Waals surface area (Å²) in [6, 6.07) is 12.5. The van der Waals surface area contributed by atoms with Gasteiger partial charge in [0.1, 0.15) is 0 Å². The van der Waals surface area contributed by atoms with E-state index in [1.54, 1.807) is 38.1 Å². The molecule has 0 unspecified atom stereocenters. The van der Waals surface area contributed by atoms with E-state index in [1.165, 1.54) is 25.1 Å². The Bertz CT molecular complexity index is 962. The number of sulfonamides is 1. The first kappa shape index (κ1) is 22.1. The van der Waals surface area contributed by atoms with Crippen LogP contribution in [0.4, 0.5) is 5.69 Å². The number of rotatable bonds is 7. The van der Waals surface area contributed by atoms with E-state index >= 15 is 0 Å². The number of benzene rings is 2. The summed E-state index contributed by atoms with van der Waals surface area (Å²) in [5, 5.41) is 2.64. The molecule has 7 nitrogen and oxygen atoms in total. The number of amides is 1. The van der Waals surface area contributed by atoms with Crippen LogP contribution in [-0.2, 0) is 19.6 Å². The lowest BCUT2D eigenvalue weighted by Gasteiger charge is -2.15. The number of esters is 1. The van der Waals surface area contributed by atoms with Gasteiger partial charge in [0.2, 0.25) is 10.0 Å². The van der Waals surface area contributed by atoms with Crippen LogP contribution in [0.15, 0.2) is 57.9 Å². The molecule has 0 heterocycles. The Balaban J connectivity index is 2.15. The first-order chi connectivity index (χ1) is 13.1. The minimum absolute atomic E-state index is 0.00555. The van der Waals surface area contributed by atoms with E-state index in [4.69, 9.17) is 4.74 Å². The molecule has 0 aliphatic rings. The number of carbonyl (C=O) groups is 2. The molecular formula is C19H21BrN2O5S. The van der Waals surface area contributed by atoms with E-state index in [0.29, 0.717) is 10.2 Å². The van der Waals surface area contributed by atoms with Crippen molar-refractivity contribution in [2.45, 2.75) is 37.8 Å². The Morgan fingerprint density at radius 2 is 1.68 bits per heavy atom. The van der Waals surface area contributed by atoms with Crippen LogP contribution in [0.25, 0.3) is 0 Å². The summed E-state index contributed by atoms with van der Waals surface area (Å²) in [6.45, 7) is 4.82. The Morgan fingerprint density at radius 1 is 1.04 bits per heavy atom. The summed E-state index contributed by atoms with van der Waals surface area (Å²) in [5.74, 6) is -1.31. The van der Waals surface area contributed by atoms with Gasteiger partial charge in [0.25, 0.3) is 5.91 Å². The highest BCUT2D eigenvalue weighted by molar-refractivity contribution is 9.10. The fraction of sp³-hybridized carbons (Fsp3) is 0.263. The average Bonchev–Trinajstić information content (AvgIpc) is 2.61. The standard InChI is InChI=1S/C19H21BrN2O5S/c1-12(2)22-28(25,26)15-9-10-17(20)16(11-15)19(24)27-13(3)18(23)21-14-7-5-4-6-8-14/h4-13,22H,1-3H3,(H,21,23)/t13-/m0/s1. The third kappa shape index (κ3) is 5.88. The van der Waals surface area contributed by atoms with Gasteiger partial charge in [-0.2, -0.15) is 0 Å². The quantitative estimate of drug-likeness (QED) is 0.606. The second-order valence-corrected chi connectivity index (χ2v) is 8.89. The number of hydrogen-bond donors (Lipinski definition) is 2. The molecule has 0 aliphatic heterocycles. The van der Waals surface area contributed by atoms with Crippen molar-refractivity contribution in [2.24, 2.45) is 0 Å². The molecule has 1 amide bonds. The van der Waals surface area contributed by atoms with E-state index in [9.17, 15) is 18.0 Å². The zero-order chi connectivity index (χ0) is 20.9. The first-order valence-corrected chi connectivity index (χ1v) is 10.8. The SMILES string of the molecule is CC(C)NS(=O)(=O)c1ccc(Br)c(C(=O)O[C@@H](C)C(=O)Nc2ccccc2)c1. The second kappa shape index (κ2) is 9.31. The number of nitrogens with one attached hydrogen (secondary N) is 2. The summed E-state index contributed by atoms with van der Waals surface area (Å²) in [5.41, 5.74) is 0.579. The topological polar surface area (TPSA) is 102 Å². The number of ether oxygens (including phenoxy) is 1. The highest BCUT2D eigenvalue weighted by Gasteiger charge is 2.23. The maximum absolute atomic E-state index is 12.5. The minimum Gasteiger partial charge on any atom is -0.449 e. The summed E-state index contributed by atoms with van der Waals surface area (Å²) >= 11 is 3.21. The molecule has 0 bridgehead atoms. The molecular weight excluding hydrogens is 448 g/mol. The maximum Gasteiger partial charge on any atom is 0.340 e. The molecule has 9 heteroatoms. The molecule has 0 spiro atoms. The van der Waals surface area contributed by atoms with Crippen molar-refractivity contribution in [1.82, 2.24) is 4.72 Å². The van der Waals surface area contributed by atoms with E-state index in [-0.39, 0.29) is 16.5 Å². The van der Waals surface area contributed by atoms with Crippen LogP contribution >= 0.6 is 15.9 Å². The molecule has 2 N–H and O–H groups in total. The average molecular weight is 469 g/mol. The van der Waals surface area contributed by atoms with Crippen LogP contribution in [-0.4, -0.2) is 32.4 Å². The van der Waals surface area contributed by atoms with Crippen LogP contribution in [0.5, 0.6) is 0 Å². The molecule has 150 valence electrons. The Kier molecular flexibility index (Phi) is 7.34. The number of para-hydroxylation sites is 1. The van der Waals surface area contributed by atoms with Gasteiger partial charge in [-0.05, 0) is 67.0 Å². The van der Waals surface area contributed by atoms with Crippen LogP contribution in [0.2, 0.25) is 0 Å². The normalized spacial score (nSPS) is 12.5. The second-order valence-electron chi connectivity index (χ2n) is 6.32. The lowest BCUT2D eigenvalue weighted by atomic mass is 10.2. The maximum atomic E-state index is 12.5. The largest absolute Gasteiger partial charge is 0.449 e. The number of carbonyl (C=O) groups excluding carboxylic acids is 2. The fourth-order valence-electron chi connectivity index (χ4n) is 2.25. The molecule has 0 aromatic heterocycles. The highest BCUT2D eigenvalue weighted by atomic mass is 79.9. The summed E-state index contributed by atoms with van der Waals surface area (Å²) < 4.78 is 32.6. The Labute approximate surface area is 172 Å². The van der Waals surface area contributed by atoms with Crippen molar-refractivity contribution < 1.29 is 22.7 Å². The summed E-state index contributed by atoms with van der Waals surface area (Å²) in [7, 11) is -3.78. The smallest absolute Gasteiger partial charge is 0.340 e. The van der Waals surface area contributed by atoms with Crippen molar-refractivity contribution in [3.05, 3.63) is 58.6 Å². The van der Waals surface area contributed by atoms with Gasteiger partial charge >= 0.3 is 5.97 Å². The van der Waals surface area contributed by atoms with Gasteiger partial charge in [0.15, 0.2) is 6.10 Å². The molecule has 0 aliphatic carbocycles. The van der Waals surface area contributed by atoms with E-state index in [0.717, 1.165) is 0 Å². The summed E-state index contributed by atoms with van der Waals surface area (Å²) in [6.07, 6.45) is -1.08. The van der Waals surface area contributed by atoms with Crippen molar-refractivity contribution in [3.63, 3.8) is 0 Å². The zero-order valence-corrected chi connectivity index (χ0v) is 18.0. The van der Waals surface area contributed by atoms with Gasteiger partial charge in [-0.1, -0.05) is 18.2 Å². The zero-order valence-electron chi connectivity index (χ0n) is 15.6. The predicted molar refractivity (Wildman–Crippen MR) is 110 cm³/mol. The van der Waals surface area contributed by atoms with E-state index in [2.05, 4.69) is 26.0 Å². The summed E-state index contributed by atoms with van der Waals surface area (Å²) in [4.78, 5) is 24.6. The molecule has 2 rings (SSSR count). The molecule has 0 saturated carbocycles. The Morgan fingerprint density at radius 3 is 2.29 bits per heavy atom. The lowest BCUT2D eigenvalue weighted by molar-refractivity contribution is -0.123. The third-order valence-corrected chi connectivity index (χ3v) is 5.90. The van der Waals surface area contributed by atoms with Gasteiger partial charge < -0.3 is 10.1 Å². The van der Waals surface area contributed by atoms with Crippen molar-refractivity contribution in [3.8, 4) is 0 Å². The van der Waals surface area contributed by atoms with E-state index in [1.807, 2.05) is 6.07 Å². The number of halogens is 1. The predicted octanol–water partition coefficient (Wildman–Crippen LogP) is 3.32. The monoisotopic (exact) mass is 468 g/mol. The third-order valence-electron chi connectivity index (χ3n) is 3.55. The number of hydrogen-bond acceptors (Lipinski definition) is 5. The van der Waals surface area contributed by atoms with E-state index < -0.39 is 28.0 Å². The highest BCUT2D eigenvalue weighted by Crippen LogP contribution is 2.23. The van der Waals surface area contributed by atoms with Crippen LogP contribution < -0.4 is 10.0 Å². The van der Waals surface area contributed by atoms with Gasteiger partial charge in [-0.3, -0.25) is 4.79 Å². The molecule has 0 fully saturated rings. The molecule has 28 heavy (non-hydrogen) atoms. The first-order valence-electron chi connectivity index (χ1n) is 8.49. The van der Waals surface area contributed by atoms with Crippen LogP contribution in [0.3, 0.4) is 0 Å². The van der Waals surface area contributed by atoms with Gasteiger partial charge in [-0.15, -0.1) is 0 Å². The Hall–Kier alpha value is -2.23.